The Morgan fingerprint density at radius 2 is 1.29 bits per heavy atom. The van der Waals surface area contributed by atoms with Gasteiger partial charge in [0, 0.05) is 0 Å². The van der Waals surface area contributed by atoms with Gasteiger partial charge in [-0.3, -0.25) is 4.57 Å². The average molecular weight is 364 g/mol. The Kier molecular flexibility index (Phi) is 8.15. The van der Waals surface area contributed by atoms with Crippen LogP contribution in [0.3, 0.4) is 0 Å². The Labute approximate surface area is 146 Å². The first kappa shape index (κ1) is 19.3. The van der Waals surface area contributed by atoms with E-state index >= 15 is 0 Å². The van der Waals surface area contributed by atoms with Crippen LogP contribution in [0.1, 0.15) is 20.3 Å². The van der Waals surface area contributed by atoms with Gasteiger partial charge < -0.3 is 9.05 Å². The highest BCUT2D eigenvalue weighted by molar-refractivity contribution is 7.73. The van der Waals surface area contributed by atoms with Gasteiger partial charge in [0.25, 0.3) is 0 Å². The Balaban J connectivity index is 2.08. The molecule has 0 radical (unpaired) electrons. The normalized spacial score (nSPS) is 11.8. The lowest BCUT2D eigenvalue weighted by molar-refractivity contribution is 0.220. The summed E-state index contributed by atoms with van der Waals surface area (Å²) >= 11 is 0. The molecule has 0 saturated heterocycles. The molecule has 0 spiro atoms. The van der Waals surface area contributed by atoms with Crippen molar-refractivity contribution >= 4 is 26.1 Å². The Morgan fingerprint density at radius 3 is 1.71 bits per heavy atom. The molecule has 0 N–H and O–H groups in total. The van der Waals surface area contributed by atoms with Gasteiger partial charge in [-0.25, -0.2) is 0 Å². The van der Waals surface area contributed by atoms with E-state index in [1.54, 1.807) is 0 Å². The molecule has 0 fully saturated rings. The topological polar surface area (TPSA) is 35.5 Å². The highest BCUT2D eigenvalue weighted by Crippen LogP contribution is 2.49. The van der Waals surface area contributed by atoms with Crippen LogP contribution in [0.15, 0.2) is 60.7 Å². The van der Waals surface area contributed by atoms with E-state index in [4.69, 9.17) is 9.05 Å². The maximum Gasteiger partial charge on any atom is 0.330 e. The van der Waals surface area contributed by atoms with Gasteiger partial charge in [-0.15, -0.1) is 0 Å². The van der Waals surface area contributed by atoms with Crippen molar-refractivity contribution in [1.29, 1.82) is 0 Å². The van der Waals surface area contributed by atoms with Gasteiger partial charge in [-0.2, -0.15) is 0 Å². The zero-order valence-electron chi connectivity index (χ0n) is 14.4. The van der Waals surface area contributed by atoms with Gasteiger partial charge in [0.15, 0.2) is 0 Å². The molecular formula is C19H26O3P2. The third-order valence-corrected chi connectivity index (χ3v) is 8.37. The van der Waals surface area contributed by atoms with Gasteiger partial charge in [0.1, 0.15) is 0 Å². The maximum atomic E-state index is 12.6. The van der Waals surface area contributed by atoms with Crippen molar-refractivity contribution < 1.29 is 13.6 Å². The quantitative estimate of drug-likeness (QED) is 0.570. The van der Waals surface area contributed by atoms with E-state index in [1.165, 1.54) is 10.6 Å². The minimum absolute atomic E-state index is 0.420. The van der Waals surface area contributed by atoms with Crippen molar-refractivity contribution in [3.63, 3.8) is 0 Å². The minimum atomic E-state index is -2.95. The highest BCUT2D eigenvalue weighted by Gasteiger charge is 2.24. The first-order valence-corrected chi connectivity index (χ1v) is 11.7. The minimum Gasteiger partial charge on any atom is -0.309 e. The molecule has 0 aliphatic rings. The van der Waals surface area contributed by atoms with E-state index in [0.717, 1.165) is 12.6 Å². The van der Waals surface area contributed by atoms with E-state index < -0.39 is 15.5 Å². The predicted molar refractivity (Wildman–Crippen MR) is 104 cm³/mol. The second kappa shape index (κ2) is 10.1. The molecule has 0 saturated carbocycles. The van der Waals surface area contributed by atoms with Crippen molar-refractivity contribution in [3.05, 3.63) is 60.7 Å². The van der Waals surface area contributed by atoms with Gasteiger partial charge >= 0.3 is 7.60 Å². The summed E-state index contributed by atoms with van der Waals surface area (Å²) in [6.07, 6.45) is 2.29. The summed E-state index contributed by atoms with van der Waals surface area (Å²) in [4.78, 5) is 0. The Hall–Kier alpha value is -0.980. The smallest absolute Gasteiger partial charge is 0.309 e. The maximum absolute atomic E-state index is 12.6. The predicted octanol–water partition coefficient (Wildman–Crippen LogP) is 4.78. The largest absolute Gasteiger partial charge is 0.330 e. The second-order valence-electron chi connectivity index (χ2n) is 5.35. The van der Waals surface area contributed by atoms with E-state index in [2.05, 4.69) is 48.5 Å². The van der Waals surface area contributed by atoms with Gasteiger partial charge in [-0.1, -0.05) is 60.7 Å². The molecule has 0 aliphatic carbocycles. The molecule has 2 aromatic carbocycles. The number of hydrogen-bond acceptors (Lipinski definition) is 3. The van der Waals surface area contributed by atoms with Crippen molar-refractivity contribution in [2.75, 3.05) is 25.5 Å². The van der Waals surface area contributed by atoms with Crippen molar-refractivity contribution in [2.24, 2.45) is 0 Å². The fourth-order valence-corrected chi connectivity index (χ4v) is 6.87. The first-order valence-electron chi connectivity index (χ1n) is 8.44. The molecule has 2 aromatic rings. The average Bonchev–Trinajstić information content (AvgIpc) is 2.61. The molecule has 3 nitrogen and oxygen atoms in total. The van der Waals surface area contributed by atoms with E-state index in [1.807, 2.05) is 26.0 Å². The van der Waals surface area contributed by atoms with Gasteiger partial charge in [0.05, 0.1) is 19.4 Å². The van der Waals surface area contributed by atoms with Crippen LogP contribution < -0.4 is 10.6 Å². The van der Waals surface area contributed by atoms with E-state index in [9.17, 15) is 4.57 Å². The third-order valence-electron chi connectivity index (χ3n) is 3.60. The van der Waals surface area contributed by atoms with Crippen LogP contribution in [-0.4, -0.2) is 25.5 Å². The summed E-state index contributed by atoms with van der Waals surface area (Å²) in [7, 11) is -3.40. The van der Waals surface area contributed by atoms with Crippen LogP contribution >= 0.6 is 15.5 Å². The lowest BCUT2D eigenvalue weighted by Gasteiger charge is -2.21. The monoisotopic (exact) mass is 364 g/mol. The molecule has 0 atom stereocenters. The zero-order valence-corrected chi connectivity index (χ0v) is 16.2. The summed E-state index contributed by atoms with van der Waals surface area (Å²) < 4.78 is 23.4. The van der Waals surface area contributed by atoms with E-state index in [-0.39, 0.29) is 0 Å². The number of benzene rings is 2. The summed E-state index contributed by atoms with van der Waals surface area (Å²) in [6.45, 7) is 4.55. The molecule has 24 heavy (non-hydrogen) atoms. The van der Waals surface area contributed by atoms with Crippen LogP contribution in [0.4, 0.5) is 0 Å². The first-order chi connectivity index (χ1) is 11.7. The third kappa shape index (κ3) is 5.83. The summed E-state index contributed by atoms with van der Waals surface area (Å²) in [5.41, 5.74) is 0. The summed E-state index contributed by atoms with van der Waals surface area (Å²) in [5, 5.41) is 2.70. The SMILES string of the molecule is CCOP(=O)(CCCP(c1ccccc1)c1ccccc1)OCC. The van der Waals surface area contributed by atoms with Crippen LogP contribution in [0, 0.1) is 0 Å². The molecule has 0 aliphatic heterocycles. The fourth-order valence-electron chi connectivity index (χ4n) is 2.61. The van der Waals surface area contributed by atoms with Crippen LogP contribution in [0.2, 0.25) is 0 Å². The molecule has 0 aromatic heterocycles. The summed E-state index contributed by atoms with van der Waals surface area (Å²) in [6, 6.07) is 21.1. The highest BCUT2D eigenvalue weighted by atomic mass is 31.2. The summed E-state index contributed by atoms with van der Waals surface area (Å²) in [5.74, 6) is 0. The molecule has 0 amide bonds. The molecule has 0 heterocycles. The molecule has 2 rings (SSSR count). The number of rotatable bonds is 10. The van der Waals surface area contributed by atoms with Crippen molar-refractivity contribution in [2.45, 2.75) is 20.3 Å². The van der Waals surface area contributed by atoms with E-state index in [0.29, 0.717) is 19.4 Å². The number of hydrogen-bond donors (Lipinski definition) is 0. The van der Waals surface area contributed by atoms with Crippen LogP contribution in [-0.2, 0) is 13.6 Å². The molecule has 0 unspecified atom stereocenters. The fraction of sp³-hybridized carbons (Fsp3) is 0.368. The molecule has 130 valence electrons. The molecule has 5 heteroatoms. The lowest BCUT2D eigenvalue weighted by atomic mass is 10.4. The second-order valence-corrected chi connectivity index (χ2v) is 9.87. The van der Waals surface area contributed by atoms with Crippen molar-refractivity contribution in [1.82, 2.24) is 0 Å². The Morgan fingerprint density at radius 1 is 0.833 bits per heavy atom. The van der Waals surface area contributed by atoms with Crippen LogP contribution in [0.25, 0.3) is 0 Å². The van der Waals surface area contributed by atoms with Gasteiger partial charge in [-0.05, 0) is 45.0 Å². The molecular weight excluding hydrogens is 338 g/mol. The Bertz CT molecular complexity index is 582. The standard InChI is InChI=1S/C19H26O3P2/c1-3-21-24(20,22-4-2)17-11-16-23(18-12-7-5-8-13-18)19-14-9-6-10-15-19/h5-10,12-15H,3-4,11,16-17H2,1-2H3. The van der Waals surface area contributed by atoms with Crippen LogP contribution in [0.5, 0.6) is 0 Å². The molecule has 0 bridgehead atoms. The zero-order chi connectivity index (χ0) is 17.3. The van der Waals surface area contributed by atoms with Gasteiger partial charge in [0.2, 0.25) is 0 Å². The lowest BCUT2D eigenvalue weighted by Crippen LogP contribution is -2.14. The van der Waals surface area contributed by atoms with Crippen molar-refractivity contribution in [3.8, 4) is 0 Å².